The minimum absolute atomic E-state index is 0.0179. The Morgan fingerprint density at radius 3 is 2.53 bits per heavy atom. The number of rotatable bonds is 2. The second-order valence-corrected chi connectivity index (χ2v) is 3.22. The van der Waals surface area contributed by atoms with Crippen molar-refractivity contribution in [3.05, 3.63) is 28.8 Å². The van der Waals surface area contributed by atoms with Crippen LogP contribution in [0.15, 0.2) is 18.2 Å². The van der Waals surface area contributed by atoms with Gasteiger partial charge in [0.1, 0.15) is 0 Å². The van der Waals surface area contributed by atoms with E-state index in [2.05, 4.69) is 11.2 Å². The van der Waals surface area contributed by atoms with Crippen LogP contribution in [0.25, 0.3) is 0 Å². The van der Waals surface area contributed by atoms with Crippen molar-refractivity contribution in [2.45, 2.75) is 6.18 Å². The van der Waals surface area contributed by atoms with Crippen molar-refractivity contribution in [1.29, 1.82) is 0 Å². The third-order valence-corrected chi connectivity index (χ3v) is 1.84. The van der Waals surface area contributed by atoms with Gasteiger partial charge in [-0.3, -0.25) is 0 Å². The molecule has 0 bridgehead atoms. The van der Waals surface area contributed by atoms with Gasteiger partial charge in [0.2, 0.25) is 0 Å². The van der Waals surface area contributed by atoms with Gasteiger partial charge in [0.05, 0.1) is 12.1 Å². The first kappa shape index (κ1) is 11.7. The molecule has 0 fully saturated rings. The molecule has 0 atom stereocenters. The number of terminal acetylenes is 1. The molecular weight excluding hydrogens is 227 g/mol. The molecule has 0 unspecified atom stereocenters. The van der Waals surface area contributed by atoms with Crippen molar-refractivity contribution < 1.29 is 13.2 Å². The van der Waals surface area contributed by atoms with Crippen molar-refractivity contribution in [3.8, 4) is 12.3 Å². The molecule has 0 aliphatic heterocycles. The standard InChI is InChI=1S/C10H7ClF3N/c1-2-3-15-9-5-7(10(12,13)14)4-8(11)6-9/h1,4-6,15H,3H2. The lowest BCUT2D eigenvalue weighted by Gasteiger charge is -2.10. The molecule has 0 aliphatic carbocycles. The SMILES string of the molecule is C#CCNc1cc(Cl)cc(C(F)(F)F)c1. The van der Waals surface area contributed by atoms with Crippen LogP contribution in [0.2, 0.25) is 5.02 Å². The molecule has 5 heteroatoms. The summed E-state index contributed by atoms with van der Waals surface area (Å²) in [5, 5.41) is 2.64. The molecule has 0 aromatic heterocycles. The molecule has 0 spiro atoms. The first-order chi connectivity index (χ1) is 6.93. The number of alkyl halides is 3. The minimum atomic E-state index is -4.41. The number of hydrogen-bond donors (Lipinski definition) is 1. The van der Waals surface area contributed by atoms with Gasteiger partial charge in [-0.25, -0.2) is 0 Å². The summed E-state index contributed by atoms with van der Waals surface area (Å²) in [7, 11) is 0. The summed E-state index contributed by atoms with van der Waals surface area (Å²) in [5.74, 6) is 2.26. The predicted octanol–water partition coefficient (Wildman–Crippen LogP) is 3.40. The van der Waals surface area contributed by atoms with E-state index in [-0.39, 0.29) is 17.3 Å². The van der Waals surface area contributed by atoms with E-state index in [1.807, 2.05) is 0 Å². The summed E-state index contributed by atoms with van der Waals surface area (Å²) in [4.78, 5) is 0. The zero-order valence-electron chi connectivity index (χ0n) is 7.53. The van der Waals surface area contributed by atoms with Crippen LogP contribution in [0.3, 0.4) is 0 Å². The van der Waals surface area contributed by atoms with E-state index in [0.717, 1.165) is 12.1 Å². The quantitative estimate of drug-likeness (QED) is 0.772. The maximum Gasteiger partial charge on any atom is 0.416 e. The van der Waals surface area contributed by atoms with E-state index in [1.165, 1.54) is 6.07 Å². The number of hydrogen-bond acceptors (Lipinski definition) is 1. The Bertz CT molecular complexity index is 393. The molecule has 80 valence electrons. The normalized spacial score (nSPS) is 10.9. The van der Waals surface area contributed by atoms with Gasteiger partial charge in [0.25, 0.3) is 0 Å². The molecular formula is C10H7ClF3N. The number of benzene rings is 1. The van der Waals surface area contributed by atoms with Crippen LogP contribution in [-0.2, 0) is 6.18 Å². The molecule has 1 aromatic rings. The first-order valence-corrected chi connectivity index (χ1v) is 4.36. The fraction of sp³-hybridized carbons (Fsp3) is 0.200. The fourth-order valence-electron chi connectivity index (χ4n) is 1.01. The highest BCUT2D eigenvalue weighted by atomic mass is 35.5. The maximum absolute atomic E-state index is 12.3. The fourth-order valence-corrected chi connectivity index (χ4v) is 1.24. The average molecular weight is 234 g/mol. The van der Waals surface area contributed by atoms with Gasteiger partial charge in [0.15, 0.2) is 0 Å². The molecule has 1 rings (SSSR count). The zero-order chi connectivity index (χ0) is 11.5. The van der Waals surface area contributed by atoms with Gasteiger partial charge in [-0.2, -0.15) is 13.2 Å². The van der Waals surface area contributed by atoms with Crippen molar-refractivity contribution in [2.75, 3.05) is 11.9 Å². The second kappa shape index (κ2) is 4.45. The molecule has 1 nitrogen and oxygen atoms in total. The number of anilines is 1. The van der Waals surface area contributed by atoms with E-state index in [0.29, 0.717) is 0 Å². The Morgan fingerprint density at radius 2 is 2.00 bits per heavy atom. The van der Waals surface area contributed by atoms with E-state index >= 15 is 0 Å². The third-order valence-electron chi connectivity index (χ3n) is 1.62. The Morgan fingerprint density at radius 1 is 1.33 bits per heavy atom. The highest BCUT2D eigenvalue weighted by molar-refractivity contribution is 6.30. The van der Waals surface area contributed by atoms with Gasteiger partial charge in [-0.15, -0.1) is 6.42 Å². The van der Waals surface area contributed by atoms with Crippen molar-refractivity contribution in [3.63, 3.8) is 0 Å². The van der Waals surface area contributed by atoms with Gasteiger partial charge in [-0.05, 0) is 18.2 Å². The number of halogens is 4. The molecule has 1 N–H and O–H groups in total. The van der Waals surface area contributed by atoms with E-state index in [9.17, 15) is 13.2 Å². The topological polar surface area (TPSA) is 12.0 Å². The Labute approximate surface area is 90.2 Å². The van der Waals surface area contributed by atoms with Gasteiger partial charge < -0.3 is 5.32 Å². The molecule has 0 saturated carbocycles. The molecule has 0 saturated heterocycles. The highest BCUT2D eigenvalue weighted by Gasteiger charge is 2.31. The third kappa shape index (κ3) is 3.37. The van der Waals surface area contributed by atoms with Crippen LogP contribution in [0.5, 0.6) is 0 Å². The van der Waals surface area contributed by atoms with Crippen LogP contribution < -0.4 is 5.32 Å². The summed E-state index contributed by atoms with van der Waals surface area (Å²) in [6, 6.07) is 3.21. The van der Waals surface area contributed by atoms with Gasteiger partial charge in [-0.1, -0.05) is 17.5 Å². The van der Waals surface area contributed by atoms with E-state index in [1.54, 1.807) is 0 Å². The van der Waals surface area contributed by atoms with Crippen LogP contribution in [-0.4, -0.2) is 6.54 Å². The lowest BCUT2D eigenvalue weighted by Crippen LogP contribution is -2.06. The van der Waals surface area contributed by atoms with Gasteiger partial charge in [0, 0.05) is 10.7 Å². The summed E-state index contributed by atoms with van der Waals surface area (Å²) in [5.41, 5.74) is -0.540. The Balaban J connectivity index is 3.01. The van der Waals surface area contributed by atoms with E-state index in [4.69, 9.17) is 18.0 Å². The molecule has 15 heavy (non-hydrogen) atoms. The molecule has 0 heterocycles. The van der Waals surface area contributed by atoms with Gasteiger partial charge >= 0.3 is 6.18 Å². The molecule has 0 amide bonds. The second-order valence-electron chi connectivity index (χ2n) is 2.78. The Kier molecular flexibility index (Phi) is 3.48. The van der Waals surface area contributed by atoms with Crippen LogP contribution in [0.1, 0.15) is 5.56 Å². The summed E-state index contributed by atoms with van der Waals surface area (Å²) < 4.78 is 37.0. The van der Waals surface area contributed by atoms with Crippen LogP contribution in [0.4, 0.5) is 18.9 Å². The average Bonchev–Trinajstić information content (AvgIpc) is 2.12. The van der Waals surface area contributed by atoms with Crippen LogP contribution in [0, 0.1) is 12.3 Å². The summed E-state index contributed by atoms with van der Waals surface area (Å²) >= 11 is 5.54. The first-order valence-electron chi connectivity index (χ1n) is 3.98. The summed E-state index contributed by atoms with van der Waals surface area (Å²) in [6.45, 7) is 0.150. The number of nitrogens with one attached hydrogen (secondary N) is 1. The van der Waals surface area contributed by atoms with Crippen LogP contribution >= 0.6 is 11.6 Å². The lowest BCUT2D eigenvalue weighted by molar-refractivity contribution is -0.137. The minimum Gasteiger partial charge on any atom is -0.374 e. The summed E-state index contributed by atoms with van der Waals surface area (Å²) in [6.07, 6.45) is 0.565. The zero-order valence-corrected chi connectivity index (χ0v) is 8.28. The highest BCUT2D eigenvalue weighted by Crippen LogP contribution is 2.33. The molecule has 1 aromatic carbocycles. The predicted molar refractivity (Wildman–Crippen MR) is 53.8 cm³/mol. The Hall–Kier alpha value is -1.34. The monoisotopic (exact) mass is 233 g/mol. The van der Waals surface area contributed by atoms with Crippen molar-refractivity contribution in [1.82, 2.24) is 0 Å². The molecule has 0 radical (unpaired) electrons. The molecule has 0 aliphatic rings. The lowest BCUT2D eigenvalue weighted by atomic mass is 10.2. The smallest absolute Gasteiger partial charge is 0.374 e. The van der Waals surface area contributed by atoms with Crippen molar-refractivity contribution in [2.24, 2.45) is 0 Å². The van der Waals surface area contributed by atoms with Crippen molar-refractivity contribution >= 4 is 17.3 Å². The van der Waals surface area contributed by atoms with E-state index < -0.39 is 11.7 Å². The maximum atomic E-state index is 12.3. The largest absolute Gasteiger partial charge is 0.416 e.